The molecular weight excluding hydrogens is 272 g/mol. The molecule has 0 aromatic heterocycles. The first-order chi connectivity index (χ1) is 10.8. The summed E-state index contributed by atoms with van der Waals surface area (Å²) in [6.07, 6.45) is 2.94. The van der Waals surface area contributed by atoms with Crippen LogP contribution in [-0.4, -0.2) is 30.6 Å². The Bertz CT molecular complexity index is 627. The second kappa shape index (κ2) is 5.65. The number of ether oxygens (including phenoxy) is 1. The molecule has 2 aromatic rings. The van der Waals surface area contributed by atoms with E-state index in [9.17, 15) is 0 Å². The minimum absolute atomic E-state index is 0.366. The quantitative estimate of drug-likeness (QED) is 0.882. The molecule has 3 heteroatoms. The Hall–Kier alpha value is -2.00. The number of benzene rings is 2. The lowest BCUT2D eigenvalue weighted by atomic mass is 9.86. The normalized spacial score (nSPS) is 26.8. The zero-order chi connectivity index (χ0) is 14.9. The third kappa shape index (κ3) is 2.69. The van der Waals surface area contributed by atoms with Gasteiger partial charge < -0.3 is 10.5 Å². The van der Waals surface area contributed by atoms with Gasteiger partial charge in [-0.05, 0) is 67.2 Å². The van der Waals surface area contributed by atoms with Crippen molar-refractivity contribution < 1.29 is 4.74 Å². The average molecular weight is 294 g/mol. The molecule has 3 heterocycles. The third-order valence-electron chi connectivity index (χ3n) is 4.98. The highest BCUT2D eigenvalue weighted by atomic mass is 16.5. The summed E-state index contributed by atoms with van der Waals surface area (Å²) < 4.78 is 6.24. The van der Waals surface area contributed by atoms with Crippen molar-refractivity contribution in [1.82, 2.24) is 4.90 Å². The van der Waals surface area contributed by atoms with E-state index in [1.54, 1.807) is 0 Å². The smallest absolute Gasteiger partial charge is 0.119 e. The summed E-state index contributed by atoms with van der Waals surface area (Å²) >= 11 is 0. The van der Waals surface area contributed by atoms with Gasteiger partial charge >= 0.3 is 0 Å². The van der Waals surface area contributed by atoms with Gasteiger partial charge in [-0.3, -0.25) is 4.90 Å². The van der Waals surface area contributed by atoms with Crippen molar-refractivity contribution in [3.63, 3.8) is 0 Å². The van der Waals surface area contributed by atoms with E-state index < -0.39 is 0 Å². The number of nitrogen functional groups attached to an aromatic ring is 1. The van der Waals surface area contributed by atoms with Gasteiger partial charge in [-0.25, -0.2) is 0 Å². The molecule has 3 aliphatic heterocycles. The van der Waals surface area contributed by atoms with E-state index >= 15 is 0 Å². The second-order valence-electron chi connectivity index (χ2n) is 6.44. The van der Waals surface area contributed by atoms with E-state index in [0.717, 1.165) is 23.9 Å². The maximum Gasteiger partial charge on any atom is 0.119 e. The van der Waals surface area contributed by atoms with Gasteiger partial charge in [0, 0.05) is 12.2 Å². The molecular formula is C19H22N2O. The van der Waals surface area contributed by atoms with Crippen LogP contribution < -0.4 is 10.5 Å². The lowest BCUT2D eigenvalue weighted by Crippen LogP contribution is -2.52. The summed E-state index contributed by atoms with van der Waals surface area (Å²) in [6.45, 7) is 3.59. The van der Waals surface area contributed by atoms with Crippen LogP contribution in [0.3, 0.4) is 0 Å². The van der Waals surface area contributed by atoms with Crippen LogP contribution in [0.25, 0.3) is 11.1 Å². The Morgan fingerprint density at radius 2 is 1.45 bits per heavy atom. The fourth-order valence-electron chi connectivity index (χ4n) is 3.62. The van der Waals surface area contributed by atoms with Gasteiger partial charge in [-0.15, -0.1) is 0 Å². The minimum Gasteiger partial charge on any atom is -0.489 e. The van der Waals surface area contributed by atoms with Crippen molar-refractivity contribution >= 4 is 5.69 Å². The highest BCUT2D eigenvalue weighted by molar-refractivity contribution is 5.66. The zero-order valence-corrected chi connectivity index (χ0v) is 12.7. The topological polar surface area (TPSA) is 38.5 Å². The number of anilines is 1. The lowest BCUT2D eigenvalue weighted by Gasteiger charge is -2.44. The van der Waals surface area contributed by atoms with Crippen LogP contribution in [0.15, 0.2) is 48.5 Å². The molecule has 3 aliphatic rings. The molecule has 3 fully saturated rings. The number of rotatable bonds is 3. The Morgan fingerprint density at radius 3 is 2.00 bits per heavy atom. The number of hydrogen-bond donors (Lipinski definition) is 1. The van der Waals surface area contributed by atoms with Crippen molar-refractivity contribution in [2.24, 2.45) is 5.92 Å². The number of piperidine rings is 3. The molecule has 5 rings (SSSR count). The van der Waals surface area contributed by atoms with Gasteiger partial charge in [-0.1, -0.05) is 24.3 Å². The first-order valence-electron chi connectivity index (χ1n) is 8.13. The van der Waals surface area contributed by atoms with Crippen molar-refractivity contribution in [2.75, 3.05) is 25.4 Å². The standard InChI is InChI=1S/C19H22N2O/c20-17-5-1-14(2-6-17)15-3-7-18(8-4-15)22-19-13-21-11-9-16(19)10-12-21/h1-8,16,19H,9-13,20H2/t19-/m1/s1. The van der Waals surface area contributed by atoms with E-state index in [4.69, 9.17) is 10.5 Å². The van der Waals surface area contributed by atoms with E-state index in [1.165, 1.54) is 37.1 Å². The van der Waals surface area contributed by atoms with E-state index in [0.29, 0.717) is 6.10 Å². The predicted molar refractivity (Wildman–Crippen MR) is 89.9 cm³/mol. The number of nitrogens with zero attached hydrogens (tertiary/aromatic N) is 1. The van der Waals surface area contributed by atoms with Gasteiger partial charge in [0.1, 0.15) is 11.9 Å². The van der Waals surface area contributed by atoms with Crippen LogP contribution in [0.5, 0.6) is 5.75 Å². The van der Waals surface area contributed by atoms with Crippen molar-refractivity contribution in [2.45, 2.75) is 18.9 Å². The fourth-order valence-corrected chi connectivity index (χ4v) is 3.62. The highest BCUT2D eigenvalue weighted by Gasteiger charge is 2.35. The molecule has 0 saturated carbocycles. The van der Waals surface area contributed by atoms with Crippen LogP contribution in [0.4, 0.5) is 5.69 Å². The largest absolute Gasteiger partial charge is 0.489 e. The Balaban J connectivity index is 1.46. The maximum absolute atomic E-state index is 6.24. The van der Waals surface area contributed by atoms with Crippen LogP contribution in [0.2, 0.25) is 0 Å². The molecule has 1 atom stereocenters. The van der Waals surface area contributed by atoms with Gasteiger partial charge in [0.2, 0.25) is 0 Å². The van der Waals surface area contributed by atoms with Crippen LogP contribution in [0.1, 0.15) is 12.8 Å². The second-order valence-corrected chi connectivity index (χ2v) is 6.44. The van der Waals surface area contributed by atoms with Crippen LogP contribution >= 0.6 is 0 Å². The zero-order valence-electron chi connectivity index (χ0n) is 12.7. The summed E-state index contributed by atoms with van der Waals surface area (Å²) in [7, 11) is 0. The molecule has 2 aromatic carbocycles. The van der Waals surface area contributed by atoms with Crippen LogP contribution in [0, 0.1) is 5.92 Å². The Labute approximate surface area is 131 Å². The number of fused-ring (bicyclic) bond motifs is 3. The summed E-state index contributed by atoms with van der Waals surface area (Å²) in [5, 5.41) is 0. The summed E-state index contributed by atoms with van der Waals surface area (Å²) in [5.74, 6) is 1.72. The summed E-state index contributed by atoms with van der Waals surface area (Å²) in [6, 6.07) is 16.4. The summed E-state index contributed by atoms with van der Waals surface area (Å²) in [4.78, 5) is 2.52. The molecule has 2 bridgehead atoms. The fraction of sp³-hybridized carbons (Fsp3) is 0.368. The van der Waals surface area contributed by atoms with Gasteiger partial charge in [0.05, 0.1) is 0 Å². The van der Waals surface area contributed by atoms with E-state index in [1.807, 2.05) is 12.1 Å². The Morgan fingerprint density at radius 1 is 0.864 bits per heavy atom. The van der Waals surface area contributed by atoms with Crippen molar-refractivity contribution in [1.29, 1.82) is 0 Å². The molecule has 0 amide bonds. The van der Waals surface area contributed by atoms with Crippen molar-refractivity contribution in [3.05, 3.63) is 48.5 Å². The monoisotopic (exact) mass is 294 g/mol. The summed E-state index contributed by atoms with van der Waals surface area (Å²) in [5.41, 5.74) is 8.92. The Kier molecular flexibility index (Phi) is 3.51. The molecule has 3 nitrogen and oxygen atoms in total. The number of nitrogens with two attached hydrogens (primary N) is 1. The molecule has 0 aliphatic carbocycles. The first kappa shape index (κ1) is 13.6. The maximum atomic E-state index is 6.24. The predicted octanol–water partition coefficient (Wildman–Crippen LogP) is 3.41. The van der Waals surface area contributed by atoms with Gasteiger partial charge in [0.15, 0.2) is 0 Å². The molecule has 0 unspecified atom stereocenters. The molecule has 0 spiro atoms. The minimum atomic E-state index is 0.366. The van der Waals surface area contributed by atoms with Crippen molar-refractivity contribution in [3.8, 4) is 16.9 Å². The third-order valence-corrected chi connectivity index (χ3v) is 4.98. The molecule has 2 N–H and O–H groups in total. The highest BCUT2D eigenvalue weighted by Crippen LogP contribution is 2.31. The van der Waals surface area contributed by atoms with Crippen LogP contribution in [-0.2, 0) is 0 Å². The SMILES string of the molecule is Nc1ccc(-c2ccc(O[C@@H]3CN4CCC3CC4)cc2)cc1. The lowest BCUT2D eigenvalue weighted by molar-refractivity contribution is -0.00775. The molecule has 114 valence electrons. The number of hydrogen-bond acceptors (Lipinski definition) is 3. The molecule has 0 radical (unpaired) electrons. The van der Waals surface area contributed by atoms with E-state index in [2.05, 4.69) is 41.3 Å². The molecule has 3 saturated heterocycles. The van der Waals surface area contributed by atoms with Gasteiger partial charge in [0.25, 0.3) is 0 Å². The van der Waals surface area contributed by atoms with Gasteiger partial charge in [-0.2, -0.15) is 0 Å². The average Bonchev–Trinajstić information content (AvgIpc) is 2.58. The first-order valence-corrected chi connectivity index (χ1v) is 8.13. The molecule has 22 heavy (non-hydrogen) atoms. The van der Waals surface area contributed by atoms with E-state index in [-0.39, 0.29) is 0 Å².